The van der Waals surface area contributed by atoms with Crippen molar-refractivity contribution in [3.05, 3.63) is 0 Å². The van der Waals surface area contributed by atoms with Gasteiger partial charge in [0.1, 0.15) is 0 Å². The average molecular weight is 187 g/mol. The molecule has 0 bridgehead atoms. The fraction of sp³-hybridized carbons (Fsp3) is 0.750. The molecule has 1 aliphatic rings. The van der Waals surface area contributed by atoms with E-state index in [2.05, 4.69) is 16.6 Å². The van der Waals surface area contributed by atoms with Crippen LogP contribution in [0.1, 0.15) is 26.2 Å². The summed E-state index contributed by atoms with van der Waals surface area (Å²) < 4.78 is 24.8. The van der Waals surface area contributed by atoms with Gasteiger partial charge >= 0.3 is 0 Å². The highest BCUT2D eigenvalue weighted by atomic mass is 32.2. The van der Waals surface area contributed by atoms with E-state index >= 15 is 0 Å². The van der Waals surface area contributed by atoms with Crippen molar-refractivity contribution in [2.75, 3.05) is 6.54 Å². The first-order valence-corrected chi connectivity index (χ1v) is 5.65. The van der Waals surface area contributed by atoms with E-state index in [9.17, 15) is 8.42 Å². The minimum atomic E-state index is -3.02. The van der Waals surface area contributed by atoms with Gasteiger partial charge < -0.3 is 0 Å². The van der Waals surface area contributed by atoms with Gasteiger partial charge in [0.2, 0.25) is 10.0 Å². The first kappa shape index (κ1) is 9.56. The molecule has 12 heavy (non-hydrogen) atoms. The Morgan fingerprint density at radius 3 is 2.58 bits per heavy atom. The standard InChI is InChI=1S/C8H13NO2S/c1-2-3-4-7-9-12(10,11)8-5-6-8/h8-9H,2,5-7H2,1H3. The maximum absolute atomic E-state index is 11.2. The summed E-state index contributed by atoms with van der Waals surface area (Å²) in [6.07, 6.45) is 2.37. The Bertz CT molecular complexity index is 293. The van der Waals surface area contributed by atoms with Crippen LogP contribution in [0.15, 0.2) is 0 Å². The van der Waals surface area contributed by atoms with Crippen LogP contribution in [-0.4, -0.2) is 20.2 Å². The number of hydrogen-bond donors (Lipinski definition) is 1. The molecule has 1 saturated carbocycles. The molecule has 0 aliphatic heterocycles. The Hall–Kier alpha value is -0.530. The van der Waals surface area contributed by atoms with Gasteiger partial charge in [-0.15, -0.1) is 5.92 Å². The number of rotatable bonds is 3. The van der Waals surface area contributed by atoms with Crippen LogP contribution in [0.2, 0.25) is 0 Å². The Balaban J connectivity index is 2.30. The van der Waals surface area contributed by atoms with E-state index in [-0.39, 0.29) is 11.8 Å². The molecule has 0 aromatic rings. The molecule has 0 spiro atoms. The fourth-order valence-corrected chi connectivity index (χ4v) is 2.09. The summed E-state index contributed by atoms with van der Waals surface area (Å²) in [5.41, 5.74) is 0. The average Bonchev–Trinajstić information content (AvgIpc) is 2.80. The molecule has 0 aromatic heterocycles. The van der Waals surface area contributed by atoms with E-state index in [1.54, 1.807) is 0 Å². The lowest BCUT2D eigenvalue weighted by Crippen LogP contribution is -2.27. The smallest absolute Gasteiger partial charge is 0.212 e. The van der Waals surface area contributed by atoms with E-state index in [1.165, 1.54) is 0 Å². The van der Waals surface area contributed by atoms with Crippen LogP contribution in [0.5, 0.6) is 0 Å². The Labute approximate surface area is 73.6 Å². The van der Waals surface area contributed by atoms with Crippen molar-refractivity contribution in [1.29, 1.82) is 0 Å². The van der Waals surface area contributed by atoms with Crippen LogP contribution in [0, 0.1) is 11.8 Å². The summed E-state index contributed by atoms with van der Waals surface area (Å²) in [6.45, 7) is 2.19. The van der Waals surface area contributed by atoms with Gasteiger partial charge in [-0.25, -0.2) is 13.1 Å². The fourth-order valence-electron chi connectivity index (χ4n) is 0.820. The van der Waals surface area contributed by atoms with Gasteiger partial charge in [-0.3, -0.25) is 0 Å². The maximum atomic E-state index is 11.2. The largest absolute Gasteiger partial charge is 0.215 e. The Kier molecular flexibility index (Phi) is 3.12. The zero-order valence-electron chi connectivity index (χ0n) is 7.13. The SMILES string of the molecule is CCC#CCNS(=O)(=O)C1CC1. The summed E-state index contributed by atoms with van der Waals surface area (Å²) in [6, 6.07) is 0. The summed E-state index contributed by atoms with van der Waals surface area (Å²) >= 11 is 0. The molecule has 0 amide bonds. The molecule has 0 atom stereocenters. The van der Waals surface area contributed by atoms with E-state index in [0.717, 1.165) is 19.3 Å². The summed E-state index contributed by atoms with van der Waals surface area (Å²) in [5.74, 6) is 5.54. The van der Waals surface area contributed by atoms with Crippen LogP contribution < -0.4 is 4.72 Å². The summed E-state index contributed by atoms with van der Waals surface area (Å²) in [5, 5.41) is -0.138. The maximum Gasteiger partial charge on any atom is 0.215 e. The molecule has 1 rings (SSSR count). The zero-order valence-corrected chi connectivity index (χ0v) is 7.95. The van der Waals surface area contributed by atoms with Gasteiger partial charge in [0.25, 0.3) is 0 Å². The predicted molar refractivity (Wildman–Crippen MR) is 48.0 cm³/mol. The van der Waals surface area contributed by atoms with Gasteiger partial charge in [0.15, 0.2) is 0 Å². The molecular formula is C8H13NO2S. The van der Waals surface area contributed by atoms with Gasteiger partial charge in [-0.05, 0) is 12.8 Å². The monoisotopic (exact) mass is 187 g/mol. The molecule has 1 N–H and O–H groups in total. The van der Waals surface area contributed by atoms with E-state index < -0.39 is 10.0 Å². The highest BCUT2D eigenvalue weighted by Crippen LogP contribution is 2.26. The quantitative estimate of drug-likeness (QED) is 0.653. The topological polar surface area (TPSA) is 46.2 Å². The normalized spacial score (nSPS) is 16.8. The molecule has 0 unspecified atom stereocenters. The minimum absolute atomic E-state index is 0.138. The number of nitrogens with one attached hydrogen (secondary N) is 1. The zero-order chi connectivity index (χ0) is 9.03. The Morgan fingerprint density at radius 2 is 2.08 bits per heavy atom. The van der Waals surface area contributed by atoms with E-state index in [1.807, 2.05) is 6.92 Å². The molecule has 1 fully saturated rings. The van der Waals surface area contributed by atoms with Crippen LogP contribution in [0.3, 0.4) is 0 Å². The molecule has 0 aromatic carbocycles. The number of sulfonamides is 1. The molecule has 0 radical (unpaired) electrons. The number of hydrogen-bond acceptors (Lipinski definition) is 2. The summed E-state index contributed by atoms with van der Waals surface area (Å²) in [7, 11) is -3.02. The molecular weight excluding hydrogens is 174 g/mol. The van der Waals surface area contributed by atoms with Gasteiger partial charge in [-0.1, -0.05) is 12.8 Å². The van der Waals surface area contributed by atoms with Crippen molar-refractivity contribution in [3.63, 3.8) is 0 Å². The second kappa shape index (κ2) is 3.92. The minimum Gasteiger partial charge on any atom is -0.212 e. The van der Waals surface area contributed by atoms with E-state index in [0.29, 0.717) is 0 Å². The molecule has 0 saturated heterocycles. The molecule has 68 valence electrons. The van der Waals surface area contributed by atoms with Gasteiger partial charge in [-0.2, -0.15) is 0 Å². The predicted octanol–water partition coefficient (Wildman–Crippen LogP) is 0.482. The third kappa shape index (κ3) is 2.84. The van der Waals surface area contributed by atoms with Crippen molar-refractivity contribution in [2.24, 2.45) is 0 Å². The first-order valence-electron chi connectivity index (χ1n) is 4.11. The van der Waals surface area contributed by atoms with Crippen molar-refractivity contribution >= 4 is 10.0 Å². The van der Waals surface area contributed by atoms with Crippen LogP contribution in [0.25, 0.3) is 0 Å². The first-order chi connectivity index (χ1) is 5.67. The lowest BCUT2D eigenvalue weighted by molar-refractivity contribution is 0.584. The van der Waals surface area contributed by atoms with Crippen LogP contribution >= 0.6 is 0 Å². The highest BCUT2D eigenvalue weighted by molar-refractivity contribution is 7.90. The van der Waals surface area contributed by atoms with Crippen molar-refractivity contribution < 1.29 is 8.42 Å². The van der Waals surface area contributed by atoms with Gasteiger partial charge in [0, 0.05) is 6.42 Å². The van der Waals surface area contributed by atoms with Crippen LogP contribution in [0.4, 0.5) is 0 Å². The van der Waals surface area contributed by atoms with Crippen molar-refractivity contribution in [1.82, 2.24) is 4.72 Å². The lowest BCUT2D eigenvalue weighted by Gasteiger charge is -1.99. The third-order valence-corrected chi connectivity index (χ3v) is 3.52. The lowest BCUT2D eigenvalue weighted by atomic mass is 10.5. The van der Waals surface area contributed by atoms with Crippen LogP contribution in [-0.2, 0) is 10.0 Å². The summed E-state index contributed by atoms with van der Waals surface area (Å²) in [4.78, 5) is 0. The third-order valence-electron chi connectivity index (χ3n) is 1.63. The molecule has 3 nitrogen and oxygen atoms in total. The highest BCUT2D eigenvalue weighted by Gasteiger charge is 2.34. The molecule has 4 heteroatoms. The second-order valence-corrected chi connectivity index (χ2v) is 4.82. The van der Waals surface area contributed by atoms with Crippen molar-refractivity contribution in [2.45, 2.75) is 31.4 Å². The molecule has 0 heterocycles. The van der Waals surface area contributed by atoms with Crippen molar-refractivity contribution in [3.8, 4) is 11.8 Å². The van der Waals surface area contributed by atoms with E-state index in [4.69, 9.17) is 0 Å². The Morgan fingerprint density at radius 1 is 1.42 bits per heavy atom. The molecule has 1 aliphatic carbocycles. The van der Waals surface area contributed by atoms with Gasteiger partial charge in [0.05, 0.1) is 11.8 Å². The second-order valence-electron chi connectivity index (χ2n) is 2.77.